The molecule has 1 atom stereocenters. The maximum Gasteiger partial charge on any atom is 0.227 e. The minimum absolute atomic E-state index is 0.0560. The summed E-state index contributed by atoms with van der Waals surface area (Å²) in [5, 5.41) is 10.5. The van der Waals surface area contributed by atoms with Crippen LogP contribution in [0, 0.1) is 5.41 Å². The lowest BCUT2D eigenvalue weighted by Crippen LogP contribution is -2.45. The fraction of sp³-hybridized carbons (Fsp3) is 0.600. The molecule has 0 spiro atoms. The Morgan fingerprint density at radius 1 is 1.09 bits per heavy atom. The van der Waals surface area contributed by atoms with E-state index in [1.54, 1.807) is 0 Å². The number of amides is 2. The average Bonchev–Trinajstić information content (AvgIpc) is 3.10. The molecule has 0 radical (unpaired) electrons. The summed E-state index contributed by atoms with van der Waals surface area (Å²) >= 11 is 0. The Labute approximate surface area is 190 Å². The van der Waals surface area contributed by atoms with E-state index < -0.39 is 5.54 Å². The first-order valence-electron chi connectivity index (χ1n) is 11.7. The third kappa shape index (κ3) is 6.17. The van der Waals surface area contributed by atoms with Gasteiger partial charge in [0.1, 0.15) is 5.54 Å². The highest BCUT2D eigenvalue weighted by molar-refractivity contribution is 5.76. The molecule has 0 saturated heterocycles. The number of aryl methyl sites for hydroxylation is 1. The molecule has 2 amide bonds. The van der Waals surface area contributed by atoms with Crippen molar-refractivity contribution in [2.75, 3.05) is 0 Å². The Bertz CT molecular complexity index is 893. The Morgan fingerprint density at radius 2 is 1.75 bits per heavy atom. The molecule has 1 aromatic heterocycles. The predicted octanol–water partition coefficient (Wildman–Crippen LogP) is 4.59. The minimum Gasteiger partial charge on any atom is -0.349 e. The molecule has 1 saturated carbocycles. The predicted molar refractivity (Wildman–Crippen MR) is 123 cm³/mol. The van der Waals surface area contributed by atoms with Crippen LogP contribution in [0.2, 0.25) is 0 Å². The van der Waals surface area contributed by atoms with Crippen LogP contribution in [0.1, 0.15) is 96.0 Å². The number of carbonyl (C=O) groups excluding carboxylic acids is 2. The van der Waals surface area contributed by atoms with Crippen LogP contribution in [-0.2, 0) is 21.5 Å². The van der Waals surface area contributed by atoms with Crippen molar-refractivity contribution in [2.45, 2.75) is 90.6 Å². The second-order valence-electron chi connectivity index (χ2n) is 9.97. The van der Waals surface area contributed by atoms with Gasteiger partial charge in [0.15, 0.2) is 5.82 Å². The molecule has 174 valence electrons. The molecule has 7 nitrogen and oxygen atoms in total. The molecule has 7 heteroatoms. The van der Waals surface area contributed by atoms with Crippen molar-refractivity contribution in [3.8, 4) is 0 Å². The molecule has 0 bridgehead atoms. The van der Waals surface area contributed by atoms with Gasteiger partial charge in [-0.15, -0.1) is 0 Å². The van der Waals surface area contributed by atoms with E-state index in [0.717, 1.165) is 44.1 Å². The first-order valence-corrected chi connectivity index (χ1v) is 11.7. The lowest BCUT2D eigenvalue weighted by atomic mass is 9.82. The van der Waals surface area contributed by atoms with Gasteiger partial charge in [-0.05, 0) is 23.8 Å². The smallest absolute Gasteiger partial charge is 0.227 e. The monoisotopic (exact) mass is 440 g/mol. The highest BCUT2D eigenvalue weighted by Crippen LogP contribution is 2.35. The molecule has 32 heavy (non-hydrogen) atoms. The first kappa shape index (κ1) is 24.0. The second kappa shape index (κ2) is 10.3. The maximum atomic E-state index is 12.8. The molecule has 1 aliphatic carbocycles. The summed E-state index contributed by atoms with van der Waals surface area (Å²) in [7, 11) is 0. The minimum atomic E-state index is -0.572. The SMILES string of the molecule is CC(=O)NC1(c2noc(CCC(=O)NC(c3ccccc3)C(C)(C)C)n2)CCCCCC1. The largest absolute Gasteiger partial charge is 0.349 e. The highest BCUT2D eigenvalue weighted by atomic mass is 16.5. The number of hydrogen-bond acceptors (Lipinski definition) is 5. The van der Waals surface area contributed by atoms with E-state index in [9.17, 15) is 9.59 Å². The van der Waals surface area contributed by atoms with Gasteiger partial charge in [-0.2, -0.15) is 4.98 Å². The van der Waals surface area contributed by atoms with E-state index in [2.05, 4.69) is 41.5 Å². The van der Waals surface area contributed by atoms with Crippen LogP contribution in [0.4, 0.5) is 0 Å². The molecule has 1 unspecified atom stereocenters. The molecule has 1 aliphatic rings. The van der Waals surface area contributed by atoms with Gasteiger partial charge in [0, 0.05) is 19.8 Å². The number of aromatic nitrogens is 2. The van der Waals surface area contributed by atoms with Crippen LogP contribution in [-0.4, -0.2) is 22.0 Å². The van der Waals surface area contributed by atoms with Gasteiger partial charge in [-0.3, -0.25) is 9.59 Å². The van der Waals surface area contributed by atoms with Gasteiger partial charge in [0.05, 0.1) is 6.04 Å². The zero-order valence-electron chi connectivity index (χ0n) is 19.7. The van der Waals surface area contributed by atoms with Crippen molar-refractivity contribution in [1.82, 2.24) is 20.8 Å². The van der Waals surface area contributed by atoms with E-state index in [-0.39, 0.29) is 29.7 Å². The lowest BCUT2D eigenvalue weighted by Gasteiger charge is -2.32. The molecule has 2 aromatic rings. The van der Waals surface area contributed by atoms with E-state index in [4.69, 9.17) is 4.52 Å². The van der Waals surface area contributed by atoms with Crippen LogP contribution in [0.25, 0.3) is 0 Å². The van der Waals surface area contributed by atoms with Crippen LogP contribution in [0.3, 0.4) is 0 Å². The van der Waals surface area contributed by atoms with Crippen molar-refractivity contribution in [3.05, 3.63) is 47.6 Å². The molecular formula is C25H36N4O3. The lowest BCUT2D eigenvalue weighted by molar-refractivity contribution is -0.123. The van der Waals surface area contributed by atoms with Crippen LogP contribution < -0.4 is 10.6 Å². The fourth-order valence-corrected chi connectivity index (χ4v) is 4.52. The molecular weight excluding hydrogens is 404 g/mol. The van der Waals surface area contributed by atoms with Gasteiger partial charge in [-0.25, -0.2) is 0 Å². The first-order chi connectivity index (χ1) is 15.2. The van der Waals surface area contributed by atoms with E-state index >= 15 is 0 Å². The van der Waals surface area contributed by atoms with Gasteiger partial charge in [-0.1, -0.05) is 81.9 Å². The standard InChI is InChI=1S/C25H36N4O3/c1-18(30)28-25(16-10-5-6-11-17-25)23-27-21(32-29-23)15-14-20(31)26-22(24(2,3)4)19-12-8-7-9-13-19/h7-9,12-13,22H,5-6,10-11,14-17H2,1-4H3,(H,26,31)(H,28,30). The summed E-state index contributed by atoms with van der Waals surface area (Å²) in [6.45, 7) is 7.87. The van der Waals surface area contributed by atoms with Gasteiger partial charge in [0.25, 0.3) is 0 Å². The summed E-state index contributed by atoms with van der Waals surface area (Å²) in [4.78, 5) is 29.2. The normalized spacial score (nSPS) is 17.2. The molecule has 2 N–H and O–H groups in total. The third-order valence-corrected chi connectivity index (χ3v) is 6.14. The molecule has 1 aromatic carbocycles. The van der Waals surface area contributed by atoms with Crippen molar-refractivity contribution in [2.24, 2.45) is 5.41 Å². The van der Waals surface area contributed by atoms with Crippen LogP contribution >= 0.6 is 0 Å². The van der Waals surface area contributed by atoms with E-state index in [1.807, 2.05) is 30.3 Å². The number of nitrogens with one attached hydrogen (secondary N) is 2. The zero-order chi connectivity index (χ0) is 23.2. The second-order valence-corrected chi connectivity index (χ2v) is 9.97. The summed E-state index contributed by atoms with van der Waals surface area (Å²) in [5.74, 6) is 0.810. The zero-order valence-corrected chi connectivity index (χ0v) is 19.7. The Morgan fingerprint density at radius 3 is 2.34 bits per heavy atom. The van der Waals surface area contributed by atoms with Crippen molar-refractivity contribution >= 4 is 11.8 Å². The third-order valence-electron chi connectivity index (χ3n) is 6.14. The fourth-order valence-electron chi connectivity index (χ4n) is 4.52. The van der Waals surface area contributed by atoms with Gasteiger partial charge >= 0.3 is 0 Å². The number of benzene rings is 1. The Kier molecular flexibility index (Phi) is 7.69. The van der Waals surface area contributed by atoms with Crippen molar-refractivity contribution in [1.29, 1.82) is 0 Å². The topological polar surface area (TPSA) is 97.1 Å². The number of carbonyl (C=O) groups is 2. The number of rotatable bonds is 7. The maximum absolute atomic E-state index is 12.8. The van der Waals surface area contributed by atoms with Crippen LogP contribution in [0.15, 0.2) is 34.9 Å². The number of hydrogen-bond donors (Lipinski definition) is 2. The molecule has 1 fully saturated rings. The summed E-state index contributed by atoms with van der Waals surface area (Å²) in [6.07, 6.45) is 6.53. The average molecular weight is 441 g/mol. The Balaban J connectivity index is 1.66. The summed E-state index contributed by atoms with van der Waals surface area (Å²) in [6, 6.07) is 9.92. The van der Waals surface area contributed by atoms with Crippen molar-refractivity contribution < 1.29 is 14.1 Å². The Hall–Kier alpha value is -2.70. The molecule has 1 heterocycles. The highest BCUT2D eigenvalue weighted by Gasteiger charge is 2.38. The van der Waals surface area contributed by atoms with Crippen LogP contribution in [0.5, 0.6) is 0 Å². The van der Waals surface area contributed by atoms with Crippen molar-refractivity contribution in [3.63, 3.8) is 0 Å². The van der Waals surface area contributed by atoms with E-state index in [0.29, 0.717) is 18.1 Å². The molecule has 3 rings (SSSR count). The van der Waals surface area contributed by atoms with E-state index in [1.165, 1.54) is 6.92 Å². The summed E-state index contributed by atoms with van der Waals surface area (Å²) < 4.78 is 5.48. The molecule has 0 aliphatic heterocycles. The van der Waals surface area contributed by atoms with Gasteiger partial charge in [0.2, 0.25) is 17.7 Å². The van der Waals surface area contributed by atoms with Gasteiger partial charge < -0.3 is 15.2 Å². The summed E-state index contributed by atoms with van der Waals surface area (Å²) in [5.41, 5.74) is 0.384. The quantitative estimate of drug-likeness (QED) is 0.614. The number of nitrogens with zero attached hydrogens (tertiary/aromatic N) is 2.